The van der Waals surface area contributed by atoms with Gasteiger partial charge in [0.25, 0.3) is 0 Å². The maximum Gasteiger partial charge on any atom is 0.306 e. The van der Waals surface area contributed by atoms with Gasteiger partial charge in [-0.25, -0.2) is 0 Å². The number of nitrogens with zero attached hydrogens (tertiary/aromatic N) is 1. The number of aliphatic hydroxyl groups excluding tert-OH is 1. The maximum absolute atomic E-state index is 15.2. The number of carbonyl (C=O) groups is 2. The van der Waals surface area contributed by atoms with E-state index in [2.05, 4.69) is 37.3 Å². The van der Waals surface area contributed by atoms with Crippen molar-refractivity contribution in [2.75, 3.05) is 47.9 Å². The molecular weight excluding hydrogens is 797 g/mol. The molecule has 19 atom stereocenters. The van der Waals surface area contributed by atoms with Crippen molar-refractivity contribution >= 4 is 17.4 Å². The molecule has 0 bridgehead atoms. The second-order valence-corrected chi connectivity index (χ2v) is 19.0. The smallest absolute Gasteiger partial charge is 0.306 e. The van der Waals surface area contributed by atoms with E-state index in [0.29, 0.717) is 49.5 Å². The first kappa shape index (κ1) is 47.3. The first-order valence-electron chi connectivity index (χ1n) is 23.2. The van der Waals surface area contributed by atoms with E-state index >= 15 is 4.79 Å². The Morgan fingerprint density at radius 1 is 0.871 bits per heavy atom. The number of benzene rings is 1. The molecule has 3 heterocycles. The minimum absolute atomic E-state index is 0.0142. The normalized spacial score (nSPS) is 42.8. The van der Waals surface area contributed by atoms with Gasteiger partial charge in [-0.15, -0.1) is 0 Å². The van der Waals surface area contributed by atoms with Crippen LogP contribution in [0.25, 0.3) is 0 Å². The van der Waals surface area contributed by atoms with E-state index in [1.54, 1.807) is 28.4 Å². The number of hydrogen-bond donors (Lipinski definition) is 2. The van der Waals surface area contributed by atoms with E-state index in [4.69, 9.17) is 42.6 Å². The van der Waals surface area contributed by atoms with Crippen molar-refractivity contribution in [2.45, 2.75) is 165 Å². The molecule has 3 aliphatic carbocycles. The number of cyclic esters (lactones) is 1. The Balaban J connectivity index is 1.22. The summed E-state index contributed by atoms with van der Waals surface area (Å²) in [6.07, 6.45) is 3.31. The SMILES string of the molecule is CC[C@H]1CCC[C@H](O[C@H]2CC[C@H](N(C)C)C(C)O2)[C@@H](C)C(=O)C2=C[C@H]3[C@@H]4C[C@H](O[C@@H]5OC(C)[C@H](OC)C(OC)[C@@H]5OC)C[C@H]4[C@@H](O)[C@H](Nc4cccc(OC)c4)[C@H]3[C@@H]2CC(=O)O1. The zero-order chi connectivity index (χ0) is 44.4. The Bertz CT molecular complexity index is 1690. The molecule has 2 N–H and O–H groups in total. The molecule has 348 valence electrons. The Kier molecular flexibility index (Phi) is 15.8. The maximum atomic E-state index is 15.2. The van der Waals surface area contributed by atoms with Crippen molar-refractivity contribution in [1.29, 1.82) is 0 Å². The van der Waals surface area contributed by atoms with Crippen LogP contribution >= 0.6 is 0 Å². The lowest BCUT2D eigenvalue weighted by atomic mass is 9.62. The quantitative estimate of drug-likeness (QED) is 0.244. The Morgan fingerprint density at radius 3 is 2.29 bits per heavy atom. The van der Waals surface area contributed by atoms with Crippen LogP contribution in [0, 0.1) is 35.5 Å². The Hall–Kier alpha value is -2.66. The number of aliphatic hydroxyl groups is 1. The van der Waals surface area contributed by atoms with Crippen LogP contribution in [0.3, 0.4) is 0 Å². The van der Waals surface area contributed by atoms with E-state index in [0.717, 1.165) is 24.9 Å². The van der Waals surface area contributed by atoms with E-state index in [9.17, 15) is 9.90 Å². The summed E-state index contributed by atoms with van der Waals surface area (Å²) in [4.78, 5) is 31.5. The third-order valence-electron chi connectivity index (χ3n) is 15.3. The zero-order valence-corrected chi connectivity index (χ0v) is 38.6. The molecule has 3 unspecified atom stereocenters. The van der Waals surface area contributed by atoms with Gasteiger partial charge >= 0.3 is 5.97 Å². The second kappa shape index (κ2) is 20.7. The number of fused-ring (bicyclic) bond motifs is 5. The first-order valence-corrected chi connectivity index (χ1v) is 23.2. The molecule has 14 heteroatoms. The van der Waals surface area contributed by atoms with Gasteiger partial charge in [0.05, 0.1) is 50.1 Å². The van der Waals surface area contributed by atoms with Crippen LogP contribution in [0.5, 0.6) is 5.75 Å². The van der Waals surface area contributed by atoms with Crippen LogP contribution in [0.15, 0.2) is 35.9 Å². The van der Waals surface area contributed by atoms with Gasteiger partial charge in [-0.2, -0.15) is 0 Å². The van der Waals surface area contributed by atoms with Crippen LogP contribution in [0.2, 0.25) is 0 Å². The van der Waals surface area contributed by atoms with Gasteiger partial charge in [-0.3, -0.25) is 9.59 Å². The predicted octanol–water partition coefficient (Wildman–Crippen LogP) is 5.78. The number of ketones is 1. The minimum atomic E-state index is -0.830. The molecule has 0 amide bonds. The fourth-order valence-electron chi connectivity index (χ4n) is 12.1. The highest BCUT2D eigenvalue weighted by Crippen LogP contribution is 2.57. The first-order chi connectivity index (χ1) is 29.8. The number of Topliss-reactive ketones (excluding diaryl/α,β-unsaturated/α-hetero) is 1. The largest absolute Gasteiger partial charge is 0.497 e. The summed E-state index contributed by atoms with van der Waals surface area (Å²) < 4.78 is 55.8. The number of methoxy groups -OCH3 is 4. The topological polar surface area (TPSA) is 153 Å². The average Bonchev–Trinajstić information content (AvgIpc) is 3.85. The summed E-state index contributed by atoms with van der Waals surface area (Å²) in [5, 5.41) is 16.3. The molecule has 7 rings (SSSR count). The molecule has 6 aliphatic rings. The molecule has 5 fully saturated rings. The molecule has 62 heavy (non-hydrogen) atoms. The fraction of sp³-hybridized carbons (Fsp3) is 0.792. The number of hydrogen-bond acceptors (Lipinski definition) is 14. The van der Waals surface area contributed by atoms with Crippen LogP contribution < -0.4 is 10.1 Å². The summed E-state index contributed by atoms with van der Waals surface area (Å²) >= 11 is 0. The van der Waals surface area contributed by atoms with Gasteiger partial charge in [0, 0.05) is 51.0 Å². The van der Waals surface area contributed by atoms with Crippen LogP contribution in [-0.4, -0.2) is 144 Å². The molecule has 0 aromatic heterocycles. The second-order valence-electron chi connectivity index (χ2n) is 19.0. The summed E-state index contributed by atoms with van der Waals surface area (Å²) in [6.45, 7) is 8.05. The molecule has 0 radical (unpaired) electrons. The standard InChI is InChI=1S/C48H74N2O12/c1-11-29-15-13-17-38(62-40-19-18-37(50(5)6)26(3)58-40)25(2)43(52)36-23-33-32-21-31(61-48-47(57-10)46(56-9)45(55-8)27(4)59-48)22-35(32)44(53)42(41(33)34(36)24-39(51)60-29)49-28-14-12-16-30(20-28)54-7/h12,14,16,20,23,25-27,29,31-35,37-38,40-42,44-49,53H,11,13,15,17-19,21-22,24H2,1-10H3/t25-,26?,27?,29+,31+,32+,33+,34-,35-,37+,38+,40+,41-,42-,44-,45+,46?,47+,48+/m1/s1. The van der Waals surface area contributed by atoms with Gasteiger partial charge in [0.15, 0.2) is 18.4 Å². The lowest BCUT2D eigenvalue weighted by Gasteiger charge is -2.47. The summed E-state index contributed by atoms with van der Waals surface area (Å²) in [5.74, 6) is -1.31. The third-order valence-corrected chi connectivity index (χ3v) is 15.3. The molecule has 1 aromatic rings. The van der Waals surface area contributed by atoms with Gasteiger partial charge in [0.1, 0.15) is 30.2 Å². The number of likely N-dealkylation sites (N-methyl/N-ethyl adjacent to an activating group) is 1. The monoisotopic (exact) mass is 871 g/mol. The number of ether oxygens (including phenoxy) is 9. The number of rotatable bonds is 12. The van der Waals surface area contributed by atoms with Crippen molar-refractivity contribution in [3.63, 3.8) is 0 Å². The molecular formula is C48H74N2O12. The lowest BCUT2D eigenvalue weighted by Crippen LogP contribution is -2.59. The zero-order valence-electron chi connectivity index (χ0n) is 38.6. The van der Waals surface area contributed by atoms with Gasteiger partial charge < -0.3 is 58.0 Å². The number of esters is 1. The molecule has 3 aliphatic heterocycles. The van der Waals surface area contributed by atoms with Crippen molar-refractivity contribution < 1.29 is 57.3 Å². The van der Waals surface area contributed by atoms with Gasteiger partial charge in [0.2, 0.25) is 0 Å². The molecule has 1 aromatic carbocycles. The van der Waals surface area contributed by atoms with Crippen LogP contribution in [0.4, 0.5) is 5.69 Å². The summed E-state index contributed by atoms with van der Waals surface area (Å²) in [6, 6.07) is 7.44. The fourth-order valence-corrected chi connectivity index (χ4v) is 12.1. The summed E-state index contributed by atoms with van der Waals surface area (Å²) in [5.41, 5.74) is 1.41. The molecule has 0 spiro atoms. The number of anilines is 1. The Labute approximate surface area is 368 Å². The van der Waals surface area contributed by atoms with Crippen LogP contribution in [-0.2, 0) is 47.5 Å². The number of carbonyl (C=O) groups excluding carboxylic acids is 2. The van der Waals surface area contributed by atoms with E-state index in [-0.39, 0.29) is 78.5 Å². The van der Waals surface area contributed by atoms with E-state index in [1.807, 2.05) is 45.0 Å². The highest BCUT2D eigenvalue weighted by molar-refractivity contribution is 5.99. The van der Waals surface area contributed by atoms with Gasteiger partial charge in [-0.1, -0.05) is 26.0 Å². The average molecular weight is 871 g/mol. The van der Waals surface area contributed by atoms with Crippen molar-refractivity contribution in [2.24, 2.45) is 35.5 Å². The van der Waals surface area contributed by atoms with Gasteiger partial charge in [-0.05, 0) is 121 Å². The molecule has 14 nitrogen and oxygen atoms in total. The summed E-state index contributed by atoms with van der Waals surface area (Å²) in [7, 11) is 10.7. The highest BCUT2D eigenvalue weighted by atomic mass is 16.7. The van der Waals surface area contributed by atoms with Crippen LogP contribution in [0.1, 0.15) is 85.5 Å². The molecule has 2 saturated carbocycles. The number of nitrogens with one attached hydrogen (secondary N) is 1. The predicted molar refractivity (Wildman–Crippen MR) is 232 cm³/mol. The molecule has 3 saturated heterocycles. The highest BCUT2D eigenvalue weighted by Gasteiger charge is 2.60. The minimum Gasteiger partial charge on any atom is -0.497 e. The third kappa shape index (κ3) is 9.79. The number of allylic oxidation sites excluding steroid dienone is 2. The van der Waals surface area contributed by atoms with Crippen molar-refractivity contribution in [3.05, 3.63) is 35.9 Å². The Morgan fingerprint density at radius 2 is 1.61 bits per heavy atom. The van der Waals surface area contributed by atoms with E-state index < -0.39 is 48.8 Å². The van der Waals surface area contributed by atoms with E-state index in [1.165, 1.54) is 0 Å². The van der Waals surface area contributed by atoms with Crippen molar-refractivity contribution in [3.8, 4) is 5.75 Å². The van der Waals surface area contributed by atoms with Crippen molar-refractivity contribution in [1.82, 2.24) is 4.90 Å². The lowest BCUT2D eigenvalue weighted by molar-refractivity contribution is -0.314.